The monoisotopic (exact) mass is 156 g/mol. The molecule has 0 saturated heterocycles. The molecule has 0 spiro atoms. The van der Waals surface area contributed by atoms with Crippen molar-refractivity contribution in [1.82, 2.24) is 14.8 Å². The van der Waals surface area contributed by atoms with Crippen LogP contribution in [0, 0.1) is 0 Å². The van der Waals surface area contributed by atoms with Crippen LogP contribution in [0.25, 0.3) is 0 Å². The largest absolute Gasteiger partial charge is 0.396 e. The highest BCUT2D eigenvalue weighted by molar-refractivity contribution is 4.91. The summed E-state index contributed by atoms with van der Waals surface area (Å²) in [6, 6.07) is -0.215. The summed E-state index contributed by atoms with van der Waals surface area (Å²) in [5, 5.41) is 16.1. The minimum atomic E-state index is -0.215. The van der Waals surface area contributed by atoms with Crippen LogP contribution in [0.3, 0.4) is 0 Å². The lowest BCUT2D eigenvalue weighted by Gasteiger charge is -2.07. The lowest BCUT2D eigenvalue weighted by Crippen LogP contribution is -2.16. The molecule has 1 aromatic rings. The van der Waals surface area contributed by atoms with Gasteiger partial charge in [0.25, 0.3) is 0 Å². The summed E-state index contributed by atoms with van der Waals surface area (Å²) in [6.45, 7) is 0.0774. The molecule has 1 unspecified atom stereocenters. The molecule has 62 valence electrons. The van der Waals surface area contributed by atoms with Crippen LogP contribution in [0.4, 0.5) is 0 Å². The average Bonchev–Trinajstić information content (AvgIpc) is 2.36. The zero-order valence-corrected chi connectivity index (χ0v) is 6.44. The van der Waals surface area contributed by atoms with Crippen LogP contribution in [0.1, 0.15) is 18.3 Å². The standard InChI is InChI=1S/C6H12N4O/c1-10-4-8-9-6(10)5(7)2-3-11/h4-5,11H,2-3,7H2,1H3. The molecular weight excluding hydrogens is 144 g/mol. The van der Waals surface area contributed by atoms with E-state index in [1.54, 1.807) is 10.9 Å². The highest BCUT2D eigenvalue weighted by Gasteiger charge is 2.09. The summed E-state index contributed by atoms with van der Waals surface area (Å²) in [6.07, 6.45) is 2.11. The van der Waals surface area contributed by atoms with Crippen LogP contribution in [-0.4, -0.2) is 26.5 Å². The number of aliphatic hydroxyl groups excluding tert-OH is 1. The van der Waals surface area contributed by atoms with Crippen LogP contribution in [0.15, 0.2) is 6.33 Å². The molecule has 1 heterocycles. The van der Waals surface area contributed by atoms with E-state index in [0.29, 0.717) is 12.2 Å². The summed E-state index contributed by atoms with van der Waals surface area (Å²) >= 11 is 0. The Hall–Kier alpha value is -0.940. The van der Waals surface area contributed by atoms with Crippen molar-refractivity contribution in [2.75, 3.05) is 6.61 Å². The number of nitrogens with two attached hydrogens (primary N) is 1. The summed E-state index contributed by atoms with van der Waals surface area (Å²) in [7, 11) is 1.83. The van der Waals surface area contributed by atoms with Crippen molar-refractivity contribution in [3.8, 4) is 0 Å². The molecule has 1 aromatic heterocycles. The average molecular weight is 156 g/mol. The predicted octanol–water partition coefficient (Wildman–Crippen LogP) is -0.803. The second-order valence-corrected chi connectivity index (χ2v) is 2.42. The molecule has 0 bridgehead atoms. The van der Waals surface area contributed by atoms with E-state index >= 15 is 0 Å². The Balaban J connectivity index is 2.67. The van der Waals surface area contributed by atoms with Crippen LogP contribution in [-0.2, 0) is 7.05 Å². The van der Waals surface area contributed by atoms with Crippen molar-refractivity contribution in [2.24, 2.45) is 12.8 Å². The lowest BCUT2D eigenvalue weighted by atomic mass is 10.2. The maximum absolute atomic E-state index is 8.59. The first-order chi connectivity index (χ1) is 5.25. The first-order valence-corrected chi connectivity index (χ1v) is 3.46. The molecule has 3 N–H and O–H groups in total. The molecule has 0 saturated carbocycles. The van der Waals surface area contributed by atoms with Gasteiger partial charge in [0, 0.05) is 13.7 Å². The molecule has 0 aliphatic rings. The van der Waals surface area contributed by atoms with Gasteiger partial charge in [0.05, 0.1) is 6.04 Å². The van der Waals surface area contributed by atoms with Gasteiger partial charge < -0.3 is 15.4 Å². The van der Waals surface area contributed by atoms with Crippen molar-refractivity contribution >= 4 is 0 Å². The third-order valence-electron chi connectivity index (χ3n) is 1.52. The molecule has 0 aliphatic carbocycles. The third-order valence-corrected chi connectivity index (χ3v) is 1.52. The molecule has 0 aromatic carbocycles. The molecule has 1 rings (SSSR count). The highest BCUT2D eigenvalue weighted by Crippen LogP contribution is 2.07. The second-order valence-electron chi connectivity index (χ2n) is 2.42. The van der Waals surface area contributed by atoms with Crippen molar-refractivity contribution in [2.45, 2.75) is 12.5 Å². The van der Waals surface area contributed by atoms with E-state index in [9.17, 15) is 0 Å². The molecule has 5 heteroatoms. The number of rotatable bonds is 3. The second kappa shape index (κ2) is 3.45. The molecule has 0 fully saturated rings. The number of hydrogen-bond acceptors (Lipinski definition) is 4. The maximum Gasteiger partial charge on any atom is 0.149 e. The topological polar surface area (TPSA) is 77.0 Å². The molecule has 11 heavy (non-hydrogen) atoms. The minimum Gasteiger partial charge on any atom is -0.396 e. The normalized spacial score (nSPS) is 13.4. The fourth-order valence-corrected chi connectivity index (χ4v) is 0.896. The number of hydrogen-bond donors (Lipinski definition) is 2. The highest BCUT2D eigenvalue weighted by atomic mass is 16.3. The van der Waals surface area contributed by atoms with Gasteiger partial charge in [-0.25, -0.2) is 0 Å². The zero-order valence-electron chi connectivity index (χ0n) is 6.44. The molecule has 0 aliphatic heterocycles. The first kappa shape index (κ1) is 8.16. The zero-order chi connectivity index (χ0) is 8.27. The van der Waals surface area contributed by atoms with Crippen LogP contribution in [0.2, 0.25) is 0 Å². The van der Waals surface area contributed by atoms with Crippen LogP contribution < -0.4 is 5.73 Å². The fraction of sp³-hybridized carbons (Fsp3) is 0.667. The van der Waals surface area contributed by atoms with Gasteiger partial charge in [-0.3, -0.25) is 0 Å². The van der Waals surface area contributed by atoms with E-state index in [1.165, 1.54) is 0 Å². The third kappa shape index (κ3) is 1.75. The smallest absolute Gasteiger partial charge is 0.149 e. The number of nitrogens with zero attached hydrogens (tertiary/aromatic N) is 3. The van der Waals surface area contributed by atoms with Gasteiger partial charge >= 0.3 is 0 Å². The minimum absolute atomic E-state index is 0.0774. The Morgan fingerprint density at radius 3 is 3.00 bits per heavy atom. The molecule has 0 amide bonds. The predicted molar refractivity (Wildman–Crippen MR) is 39.6 cm³/mol. The Morgan fingerprint density at radius 2 is 2.55 bits per heavy atom. The Labute approximate surface area is 64.9 Å². The van der Waals surface area contributed by atoms with Gasteiger partial charge in [0.2, 0.25) is 0 Å². The number of aromatic nitrogens is 3. The lowest BCUT2D eigenvalue weighted by molar-refractivity contribution is 0.273. The molecular formula is C6H12N4O. The van der Waals surface area contributed by atoms with Gasteiger partial charge in [0.15, 0.2) is 0 Å². The van der Waals surface area contributed by atoms with E-state index in [1.807, 2.05) is 7.05 Å². The Kier molecular flexibility index (Phi) is 2.56. The number of aryl methyl sites for hydroxylation is 1. The van der Waals surface area contributed by atoms with Gasteiger partial charge in [-0.05, 0) is 6.42 Å². The SMILES string of the molecule is Cn1cnnc1C(N)CCO. The summed E-state index contributed by atoms with van der Waals surface area (Å²) in [5.41, 5.74) is 5.67. The van der Waals surface area contributed by atoms with E-state index in [2.05, 4.69) is 10.2 Å². The maximum atomic E-state index is 8.59. The quantitative estimate of drug-likeness (QED) is 0.600. The number of aliphatic hydroxyl groups is 1. The Bertz CT molecular complexity index is 222. The molecule has 5 nitrogen and oxygen atoms in total. The summed E-state index contributed by atoms with van der Waals surface area (Å²) < 4.78 is 1.75. The van der Waals surface area contributed by atoms with Crippen molar-refractivity contribution in [3.63, 3.8) is 0 Å². The molecule has 1 atom stereocenters. The van der Waals surface area contributed by atoms with Crippen molar-refractivity contribution < 1.29 is 5.11 Å². The summed E-state index contributed by atoms with van der Waals surface area (Å²) in [4.78, 5) is 0. The van der Waals surface area contributed by atoms with Gasteiger partial charge in [-0.15, -0.1) is 10.2 Å². The van der Waals surface area contributed by atoms with E-state index in [-0.39, 0.29) is 12.6 Å². The van der Waals surface area contributed by atoms with Gasteiger partial charge in [-0.1, -0.05) is 0 Å². The summed E-state index contributed by atoms with van der Waals surface area (Å²) in [5.74, 6) is 0.707. The fourth-order valence-electron chi connectivity index (χ4n) is 0.896. The first-order valence-electron chi connectivity index (χ1n) is 3.46. The van der Waals surface area contributed by atoms with E-state index in [0.717, 1.165) is 0 Å². The van der Waals surface area contributed by atoms with Crippen molar-refractivity contribution in [3.05, 3.63) is 12.2 Å². The van der Waals surface area contributed by atoms with Crippen molar-refractivity contribution in [1.29, 1.82) is 0 Å². The van der Waals surface area contributed by atoms with Crippen LogP contribution >= 0.6 is 0 Å². The van der Waals surface area contributed by atoms with Gasteiger partial charge in [-0.2, -0.15) is 0 Å². The molecule has 0 radical (unpaired) electrons. The van der Waals surface area contributed by atoms with Crippen LogP contribution in [0.5, 0.6) is 0 Å². The van der Waals surface area contributed by atoms with E-state index < -0.39 is 0 Å². The van der Waals surface area contributed by atoms with E-state index in [4.69, 9.17) is 10.8 Å². The Morgan fingerprint density at radius 1 is 1.82 bits per heavy atom. The van der Waals surface area contributed by atoms with Gasteiger partial charge in [0.1, 0.15) is 12.2 Å².